The third-order valence-electron chi connectivity index (χ3n) is 0.629. The molecule has 0 bridgehead atoms. The second-order valence-corrected chi connectivity index (χ2v) is 1.49. The van der Waals surface area contributed by atoms with E-state index in [0.717, 1.165) is 13.8 Å². The van der Waals surface area contributed by atoms with Crippen molar-refractivity contribution in [3.05, 3.63) is 6.17 Å². The molecule has 0 aromatic rings. The standard InChI is InChI=1S/C4H7F2O.3Re/c1-3(5)4(2,6)7;;;/h7H,1-2H3;;;/q-1;;;. The van der Waals surface area contributed by atoms with Crippen molar-refractivity contribution in [1.29, 1.82) is 0 Å². The summed E-state index contributed by atoms with van der Waals surface area (Å²) in [6, 6.07) is 0. The molecule has 6 heteroatoms. The van der Waals surface area contributed by atoms with Crippen LogP contribution in [0.1, 0.15) is 13.8 Å². The van der Waals surface area contributed by atoms with Gasteiger partial charge in [0.2, 0.25) is 0 Å². The third-order valence-corrected chi connectivity index (χ3v) is 0.629. The van der Waals surface area contributed by atoms with Crippen molar-refractivity contribution in [2.24, 2.45) is 0 Å². The van der Waals surface area contributed by atoms with Crippen molar-refractivity contribution in [3.8, 4) is 0 Å². The zero-order valence-electron chi connectivity index (χ0n) is 5.34. The molecule has 0 fully saturated rings. The van der Waals surface area contributed by atoms with Crippen molar-refractivity contribution < 1.29 is 75.2 Å². The molecule has 0 saturated heterocycles. The van der Waals surface area contributed by atoms with Crippen LogP contribution in [0.15, 0.2) is 0 Å². The SMILES string of the molecule is C[C-](F)C(C)(O)F.[Re].[Re].[Re]. The van der Waals surface area contributed by atoms with Crippen LogP contribution < -0.4 is 0 Å². The molecule has 0 amide bonds. The van der Waals surface area contributed by atoms with Gasteiger partial charge in [-0.3, -0.25) is 0 Å². The van der Waals surface area contributed by atoms with Gasteiger partial charge in [-0.25, -0.2) is 4.39 Å². The Balaban J connectivity index is -0.0000000600. The van der Waals surface area contributed by atoms with Crippen LogP contribution >= 0.6 is 0 Å². The quantitative estimate of drug-likeness (QED) is 0.417. The summed E-state index contributed by atoms with van der Waals surface area (Å²) in [6.45, 7) is 1.61. The van der Waals surface area contributed by atoms with E-state index in [0.29, 0.717) is 0 Å². The van der Waals surface area contributed by atoms with Gasteiger partial charge in [0.05, 0.1) is 0 Å². The summed E-state index contributed by atoms with van der Waals surface area (Å²) in [6.07, 6.45) is -1.12. The average Bonchev–Trinajstić information content (AvgIpc) is 1.31. The van der Waals surface area contributed by atoms with Crippen molar-refractivity contribution in [3.63, 3.8) is 0 Å². The van der Waals surface area contributed by atoms with E-state index < -0.39 is 12.0 Å². The average molecular weight is 668 g/mol. The summed E-state index contributed by atoms with van der Waals surface area (Å²) in [7, 11) is 0. The monoisotopic (exact) mass is 670 g/mol. The Kier molecular flexibility index (Phi) is 20.1. The maximum atomic E-state index is 11.7. The van der Waals surface area contributed by atoms with Gasteiger partial charge < -0.3 is 9.50 Å². The Morgan fingerprint density at radius 3 is 1.40 bits per heavy atom. The molecule has 1 nitrogen and oxygen atoms in total. The van der Waals surface area contributed by atoms with Crippen molar-refractivity contribution in [2.45, 2.75) is 19.7 Å². The maximum absolute atomic E-state index is 11.7. The van der Waals surface area contributed by atoms with Crippen LogP contribution in [0.4, 0.5) is 8.78 Å². The van der Waals surface area contributed by atoms with Gasteiger partial charge in [0.1, 0.15) is 5.85 Å². The fourth-order valence-corrected chi connectivity index (χ4v) is 0. The van der Waals surface area contributed by atoms with Crippen LogP contribution in [0, 0.1) is 6.17 Å². The zero-order chi connectivity index (χ0) is 6.08. The van der Waals surface area contributed by atoms with E-state index in [1.54, 1.807) is 0 Å². The molecule has 0 aliphatic heterocycles. The summed E-state index contributed by atoms with van der Waals surface area (Å²) in [4.78, 5) is 0. The van der Waals surface area contributed by atoms with Gasteiger partial charge in [-0.05, 0) is 6.92 Å². The summed E-state index contributed by atoms with van der Waals surface area (Å²) >= 11 is 0. The predicted molar refractivity (Wildman–Crippen MR) is 21.8 cm³/mol. The molecule has 0 aromatic heterocycles. The first kappa shape index (κ1) is 22.6. The van der Waals surface area contributed by atoms with Crippen molar-refractivity contribution >= 4 is 0 Å². The number of alkyl halides is 1. The van der Waals surface area contributed by atoms with Gasteiger partial charge in [-0.15, -0.1) is 0 Å². The molecule has 3 radical (unpaired) electrons. The Morgan fingerprint density at radius 1 is 1.30 bits per heavy atom. The van der Waals surface area contributed by atoms with Gasteiger partial charge in [0, 0.05) is 61.3 Å². The molecule has 0 spiro atoms. The first-order chi connectivity index (χ1) is 2.94. The van der Waals surface area contributed by atoms with E-state index in [1.807, 2.05) is 0 Å². The summed E-state index contributed by atoms with van der Waals surface area (Å²) in [5, 5.41) is 8.02. The number of halogens is 2. The number of aliphatic hydroxyl groups is 1. The molecule has 0 rings (SSSR count). The second kappa shape index (κ2) is 8.90. The van der Waals surface area contributed by atoms with Crippen molar-refractivity contribution in [2.75, 3.05) is 0 Å². The van der Waals surface area contributed by atoms with E-state index in [4.69, 9.17) is 5.11 Å². The Bertz CT molecular complexity index is 64.0. The zero-order valence-corrected chi connectivity index (χ0v) is 13.5. The van der Waals surface area contributed by atoms with Gasteiger partial charge in [-0.2, -0.15) is 6.92 Å². The first-order valence-electron chi connectivity index (χ1n) is 1.85. The van der Waals surface area contributed by atoms with Crippen LogP contribution in [0.25, 0.3) is 0 Å². The molecule has 0 saturated carbocycles. The first-order valence-corrected chi connectivity index (χ1v) is 1.85. The third kappa shape index (κ3) is 12.5. The molecular weight excluding hydrogens is 661 g/mol. The molecule has 0 aromatic carbocycles. The molecular formula is C4H7F2ORe3-. The van der Waals surface area contributed by atoms with Crippen LogP contribution in [-0.4, -0.2) is 11.0 Å². The topological polar surface area (TPSA) is 20.2 Å². The summed E-state index contributed by atoms with van der Waals surface area (Å²) in [5.41, 5.74) is 0. The second-order valence-electron chi connectivity index (χ2n) is 1.49. The number of hydrogen-bond acceptors (Lipinski definition) is 1. The molecule has 1 atom stereocenters. The normalized spacial score (nSPS) is 13.8. The van der Waals surface area contributed by atoms with E-state index >= 15 is 0 Å². The summed E-state index contributed by atoms with van der Waals surface area (Å²) < 4.78 is 23.2. The number of hydrogen-bond donors (Lipinski definition) is 1. The van der Waals surface area contributed by atoms with Gasteiger partial charge in [-0.1, -0.05) is 6.17 Å². The number of rotatable bonds is 1. The molecule has 10 heavy (non-hydrogen) atoms. The van der Waals surface area contributed by atoms with Crippen LogP contribution in [0.2, 0.25) is 0 Å². The molecule has 1 unspecified atom stereocenters. The van der Waals surface area contributed by atoms with Crippen LogP contribution in [0.5, 0.6) is 0 Å². The van der Waals surface area contributed by atoms with E-state index in [-0.39, 0.29) is 61.3 Å². The molecule has 65 valence electrons. The Hall–Kier alpha value is 1.81. The van der Waals surface area contributed by atoms with Gasteiger partial charge >= 0.3 is 0 Å². The predicted octanol–water partition coefficient (Wildman–Crippen LogP) is 1.18. The largest absolute Gasteiger partial charge is 0.451 e. The minimum Gasteiger partial charge on any atom is -0.451 e. The van der Waals surface area contributed by atoms with Crippen LogP contribution in [0.3, 0.4) is 0 Å². The summed E-state index contributed by atoms with van der Waals surface area (Å²) in [5.74, 6) is -2.75. The fraction of sp³-hybridized carbons (Fsp3) is 0.750. The van der Waals surface area contributed by atoms with Crippen LogP contribution in [-0.2, 0) is 61.3 Å². The minimum atomic E-state index is -2.75. The van der Waals surface area contributed by atoms with E-state index in [9.17, 15) is 8.78 Å². The molecule has 0 aliphatic rings. The maximum Gasteiger partial charge on any atom is 0.112 e. The van der Waals surface area contributed by atoms with Gasteiger partial charge in [0.25, 0.3) is 0 Å². The fourth-order valence-electron chi connectivity index (χ4n) is 0. The molecule has 1 N–H and O–H groups in total. The van der Waals surface area contributed by atoms with Gasteiger partial charge in [0.15, 0.2) is 0 Å². The molecule has 0 heterocycles. The minimum absolute atomic E-state index is 0. The Morgan fingerprint density at radius 2 is 1.40 bits per heavy atom. The Labute approximate surface area is 100 Å². The molecule has 0 aliphatic carbocycles. The van der Waals surface area contributed by atoms with E-state index in [2.05, 4.69) is 0 Å². The smallest absolute Gasteiger partial charge is 0.112 e. The van der Waals surface area contributed by atoms with E-state index in [1.165, 1.54) is 0 Å². The van der Waals surface area contributed by atoms with Crippen molar-refractivity contribution in [1.82, 2.24) is 0 Å².